The largest absolute Gasteiger partial charge is 0.342 e. The maximum Gasteiger partial charge on any atom is 0.246 e. The second-order valence-corrected chi connectivity index (χ2v) is 11.9. The van der Waals surface area contributed by atoms with E-state index in [-0.39, 0.29) is 23.7 Å². The lowest BCUT2D eigenvalue weighted by Crippen LogP contribution is -2.66. The predicted octanol–water partition coefficient (Wildman–Crippen LogP) is 4.58. The summed E-state index contributed by atoms with van der Waals surface area (Å²) in [6.07, 6.45) is 5.76. The maximum atomic E-state index is 14.2. The Morgan fingerprint density at radius 3 is 2.25 bits per heavy atom. The molecule has 0 radical (unpaired) electrons. The Morgan fingerprint density at radius 1 is 0.944 bits per heavy atom. The molecule has 2 heterocycles. The van der Waals surface area contributed by atoms with Crippen LogP contribution < -0.4 is 10.6 Å². The van der Waals surface area contributed by atoms with Gasteiger partial charge in [-0.05, 0) is 73.4 Å². The second-order valence-electron chi connectivity index (χ2n) is 10.6. The number of benzene rings is 2. The third-order valence-corrected chi connectivity index (χ3v) is 9.85. The quantitative estimate of drug-likeness (QED) is 0.552. The van der Waals surface area contributed by atoms with E-state index in [4.69, 9.17) is 0 Å². The molecule has 0 spiro atoms. The smallest absolute Gasteiger partial charge is 0.246 e. The van der Waals surface area contributed by atoms with Crippen molar-refractivity contribution in [3.05, 3.63) is 65.2 Å². The second kappa shape index (κ2) is 11.4. The van der Waals surface area contributed by atoms with Crippen LogP contribution in [0.5, 0.6) is 0 Å². The minimum Gasteiger partial charge on any atom is -0.342 e. The first-order valence-corrected chi connectivity index (χ1v) is 14.6. The number of hydrogen-bond acceptors (Lipinski definition) is 4. The maximum absolute atomic E-state index is 14.2. The summed E-state index contributed by atoms with van der Waals surface area (Å²) in [6, 6.07) is 16.1. The molecule has 5 nitrogen and oxygen atoms in total. The zero-order valence-corrected chi connectivity index (χ0v) is 22.4. The predicted molar refractivity (Wildman–Crippen MR) is 146 cm³/mol. The van der Waals surface area contributed by atoms with Gasteiger partial charge in [-0.1, -0.05) is 69.2 Å². The van der Waals surface area contributed by atoms with Crippen LogP contribution in [0.1, 0.15) is 56.2 Å². The Kier molecular flexibility index (Phi) is 8.02. The van der Waals surface area contributed by atoms with E-state index in [1.54, 1.807) is 0 Å². The summed E-state index contributed by atoms with van der Waals surface area (Å²) in [5, 5.41) is 7.24. The highest BCUT2D eigenvalue weighted by molar-refractivity contribution is 8.00. The topological polar surface area (TPSA) is 61.4 Å². The summed E-state index contributed by atoms with van der Waals surface area (Å²) in [5.74, 6) is 0.377. The van der Waals surface area contributed by atoms with E-state index in [9.17, 15) is 9.59 Å². The van der Waals surface area contributed by atoms with Gasteiger partial charge in [-0.25, -0.2) is 0 Å². The number of piperazine rings is 1. The van der Waals surface area contributed by atoms with Crippen LogP contribution in [0, 0.1) is 11.8 Å². The van der Waals surface area contributed by atoms with Crippen LogP contribution in [0.4, 0.5) is 0 Å². The van der Waals surface area contributed by atoms with Gasteiger partial charge in [0, 0.05) is 16.7 Å². The Bertz CT molecular complexity index is 1050. The number of hydrogen-bond donors (Lipinski definition) is 2. The van der Waals surface area contributed by atoms with Crippen molar-refractivity contribution in [1.82, 2.24) is 15.5 Å². The molecule has 2 saturated heterocycles. The van der Waals surface area contributed by atoms with Gasteiger partial charge in [-0.2, -0.15) is 0 Å². The molecular formula is C30H39N3O2S. The van der Waals surface area contributed by atoms with Gasteiger partial charge in [0.1, 0.15) is 12.1 Å². The molecule has 2 fully saturated rings. The van der Waals surface area contributed by atoms with Crippen LogP contribution >= 0.6 is 11.8 Å². The summed E-state index contributed by atoms with van der Waals surface area (Å²) in [6.45, 7) is 6.88. The van der Waals surface area contributed by atoms with Gasteiger partial charge in [-0.15, -0.1) is 11.8 Å². The molecule has 6 heteroatoms. The SMILES string of the molecule is CCC(CC)[C@@H]1C(=O)N[C@H](C2Cc3ccccc3C2)C(=O)N1Cc1ccccc1SC1CCNCC1. The van der Waals surface area contributed by atoms with Crippen LogP contribution in [-0.2, 0) is 29.0 Å². The molecule has 192 valence electrons. The molecule has 36 heavy (non-hydrogen) atoms. The first-order valence-electron chi connectivity index (χ1n) is 13.7. The lowest BCUT2D eigenvalue weighted by atomic mass is 9.86. The standard InChI is InChI=1S/C30H39N3O2S/c1-3-20(4-2)28-29(34)32-27(24-17-21-9-5-6-10-22(21)18-24)30(35)33(28)19-23-11-7-8-12-26(23)36-25-13-15-31-16-14-25/h5-12,20,24-25,27-28,31H,3-4,13-19H2,1-2H3,(H,32,34)/t27-,28-/m1/s1. The summed E-state index contributed by atoms with van der Waals surface area (Å²) >= 11 is 1.94. The highest BCUT2D eigenvalue weighted by Crippen LogP contribution is 2.36. The third kappa shape index (κ3) is 5.21. The first-order chi connectivity index (χ1) is 17.6. The number of rotatable bonds is 8. The van der Waals surface area contributed by atoms with Crippen molar-refractivity contribution in [2.45, 2.75) is 81.1 Å². The Balaban J connectivity index is 1.42. The van der Waals surface area contributed by atoms with Crippen LogP contribution in [-0.4, -0.2) is 47.1 Å². The number of fused-ring (bicyclic) bond motifs is 1. The Hall–Kier alpha value is -2.31. The number of carbonyl (C=O) groups is 2. The van der Waals surface area contributed by atoms with E-state index < -0.39 is 12.1 Å². The molecule has 2 amide bonds. The van der Waals surface area contributed by atoms with Crippen molar-refractivity contribution < 1.29 is 9.59 Å². The molecule has 2 aliphatic heterocycles. The van der Waals surface area contributed by atoms with Crippen molar-refractivity contribution in [3.8, 4) is 0 Å². The average Bonchev–Trinajstić information content (AvgIpc) is 3.34. The molecule has 0 aromatic heterocycles. The molecule has 2 aromatic rings. The van der Waals surface area contributed by atoms with E-state index in [1.807, 2.05) is 16.7 Å². The fourth-order valence-corrected chi connectivity index (χ4v) is 7.58. The number of nitrogens with one attached hydrogen (secondary N) is 2. The van der Waals surface area contributed by atoms with E-state index in [1.165, 1.54) is 16.0 Å². The van der Waals surface area contributed by atoms with Crippen molar-refractivity contribution in [2.75, 3.05) is 13.1 Å². The number of nitrogens with zero attached hydrogens (tertiary/aromatic N) is 1. The summed E-state index contributed by atoms with van der Waals surface area (Å²) < 4.78 is 0. The number of amides is 2. The van der Waals surface area contributed by atoms with Gasteiger partial charge in [-0.3, -0.25) is 9.59 Å². The molecule has 5 rings (SSSR count). The molecule has 2 atom stereocenters. The highest BCUT2D eigenvalue weighted by atomic mass is 32.2. The highest BCUT2D eigenvalue weighted by Gasteiger charge is 2.47. The molecular weight excluding hydrogens is 466 g/mol. The van der Waals surface area contributed by atoms with Gasteiger partial charge in [0.2, 0.25) is 11.8 Å². The van der Waals surface area contributed by atoms with E-state index >= 15 is 0 Å². The zero-order valence-electron chi connectivity index (χ0n) is 21.5. The van der Waals surface area contributed by atoms with Crippen molar-refractivity contribution in [2.24, 2.45) is 11.8 Å². The molecule has 2 N–H and O–H groups in total. The third-order valence-electron chi connectivity index (χ3n) is 8.39. The first kappa shape index (κ1) is 25.3. The molecule has 0 unspecified atom stereocenters. The number of thioether (sulfide) groups is 1. The lowest BCUT2D eigenvalue weighted by Gasteiger charge is -2.44. The summed E-state index contributed by atoms with van der Waals surface area (Å²) in [7, 11) is 0. The Labute approximate surface area is 219 Å². The van der Waals surface area contributed by atoms with Crippen LogP contribution in [0.25, 0.3) is 0 Å². The molecule has 0 saturated carbocycles. The van der Waals surface area contributed by atoms with Gasteiger partial charge < -0.3 is 15.5 Å². The minimum absolute atomic E-state index is 0.0211. The average molecular weight is 506 g/mol. The van der Waals surface area contributed by atoms with Crippen molar-refractivity contribution in [3.63, 3.8) is 0 Å². The molecule has 2 aromatic carbocycles. The van der Waals surface area contributed by atoms with Gasteiger partial charge in [0.25, 0.3) is 0 Å². The fraction of sp³-hybridized carbons (Fsp3) is 0.533. The van der Waals surface area contributed by atoms with Crippen molar-refractivity contribution >= 4 is 23.6 Å². The molecule has 0 bridgehead atoms. The zero-order chi connectivity index (χ0) is 25.1. The van der Waals surface area contributed by atoms with Gasteiger partial charge in [0.05, 0.1) is 0 Å². The van der Waals surface area contributed by atoms with Crippen LogP contribution in [0.15, 0.2) is 53.4 Å². The minimum atomic E-state index is -0.459. The summed E-state index contributed by atoms with van der Waals surface area (Å²) in [4.78, 5) is 31.0. The Morgan fingerprint density at radius 2 is 1.58 bits per heavy atom. The fourth-order valence-electron chi connectivity index (χ4n) is 6.31. The monoisotopic (exact) mass is 505 g/mol. The van der Waals surface area contributed by atoms with E-state index in [2.05, 4.69) is 73.0 Å². The number of carbonyl (C=O) groups excluding carboxylic acids is 2. The van der Waals surface area contributed by atoms with E-state index in [0.717, 1.165) is 57.2 Å². The van der Waals surface area contributed by atoms with Gasteiger partial charge >= 0.3 is 0 Å². The number of piperidine rings is 1. The molecule has 1 aliphatic carbocycles. The van der Waals surface area contributed by atoms with Gasteiger partial charge in [0.15, 0.2) is 0 Å². The summed E-state index contributed by atoms with van der Waals surface area (Å²) in [5.41, 5.74) is 3.78. The van der Waals surface area contributed by atoms with Crippen molar-refractivity contribution in [1.29, 1.82) is 0 Å². The normalized spacial score (nSPS) is 23.2. The lowest BCUT2D eigenvalue weighted by molar-refractivity contribution is -0.154. The van der Waals surface area contributed by atoms with Crippen LogP contribution in [0.3, 0.4) is 0 Å². The van der Waals surface area contributed by atoms with E-state index in [0.29, 0.717) is 11.8 Å². The van der Waals surface area contributed by atoms with Crippen LogP contribution in [0.2, 0.25) is 0 Å². The molecule has 3 aliphatic rings.